The second kappa shape index (κ2) is 4.48. The van der Waals surface area contributed by atoms with E-state index in [0.29, 0.717) is 10.6 Å². The van der Waals surface area contributed by atoms with Gasteiger partial charge in [-0.25, -0.2) is 0 Å². The van der Waals surface area contributed by atoms with Gasteiger partial charge in [-0.15, -0.1) is 11.3 Å². The highest BCUT2D eigenvalue weighted by Crippen LogP contribution is 2.44. The van der Waals surface area contributed by atoms with Crippen molar-refractivity contribution in [3.8, 4) is 11.5 Å². The number of rotatable bonds is 1. The van der Waals surface area contributed by atoms with Crippen LogP contribution in [0.5, 0.6) is 11.5 Å². The maximum absolute atomic E-state index is 12.1. The zero-order valence-corrected chi connectivity index (χ0v) is 12.3. The van der Waals surface area contributed by atoms with Crippen LogP contribution in [0.1, 0.15) is 9.67 Å². The van der Waals surface area contributed by atoms with E-state index in [1.807, 2.05) is 0 Å². The number of carbonyl (C=O) groups is 1. The molecule has 0 atom stereocenters. The van der Waals surface area contributed by atoms with Crippen molar-refractivity contribution in [3.63, 3.8) is 0 Å². The maximum atomic E-state index is 12.1. The van der Waals surface area contributed by atoms with Gasteiger partial charge in [0.05, 0.1) is 5.69 Å². The number of anilines is 2. The molecule has 0 aromatic carbocycles. The number of amides is 1. The summed E-state index contributed by atoms with van der Waals surface area (Å²) in [7, 11) is 4.69. The molecule has 0 fully saturated rings. The first-order valence-electron chi connectivity index (χ1n) is 6.01. The van der Waals surface area contributed by atoms with E-state index in [1.165, 1.54) is 23.3 Å². The van der Waals surface area contributed by atoms with Crippen LogP contribution in [0.4, 0.5) is 11.4 Å². The van der Waals surface area contributed by atoms with E-state index in [9.17, 15) is 14.4 Å². The lowest BCUT2D eigenvalue weighted by Gasteiger charge is -2.19. The highest BCUT2D eigenvalue weighted by Gasteiger charge is 2.29. The van der Waals surface area contributed by atoms with Gasteiger partial charge in [-0.05, 0) is 0 Å². The fourth-order valence-electron chi connectivity index (χ4n) is 1.96. The van der Waals surface area contributed by atoms with Gasteiger partial charge in [0.25, 0.3) is 11.5 Å². The number of H-pyrrole nitrogens is 1. The Balaban J connectivity index is 2.15. The molecule has 110 valence electrons. The molecule has 0 aliphatic carbocycles. The van der Waals surface area contributed by atoms with Gasteiger partial charge in [-0.1, -0.05) is 0 Å². The molecule has 0 saturated carbocycles. The van der Waals surface area contributed by atoms with Crippen LogP contribution in [0.15, 0.2) is 15.0 Å². The highest BCUT2D eigenvalue weighted by atomic mass is 32.1. The van der Waals surface area contributed by atoms with Crippen molar-refractivity contribution in [1.82, 2.24) is 14.7 Å². The number of hydrogen-bond donors (Lipinski definition) is 2. The molecule has 0 bridgehead atoms. The molecular formula is C12H12N4O4S. The van der Waals surface area contributed by atoms with E-state index in [4.69, 9.17) is 4.74 Å². The van der Waals surface area contributed by atoms with Gasteiger partial charge >= 0.3 is 5.56 Å². The molecule has 0 radical (unpaired) electrons. The number of fused-ring (bicyclic) bond motifs is 2. The van der Waals surface area contributed by atoms with Gasteiger partial charge < -0.3 is 15.0 Å². The molecule has 2 aromatic rings. The Morgan fingerprint density at radius 3 is 2.71 bits per heavy atom. The molecule has 3 rings (SSSR count). The van der Waals surface area contributed by atoms with Crippen LogP contribution in [0.25, 0.3) is 0 Å². The zero-order chi connectivity index (χ0) is 15.3. The van der Waals surface area contributed by atoms with Crippen molar-refractivity contribution < 1.29 is 9.53 Å². The van der Waals surface area contributed by atoms with Gasteiger partial charge in [-0.3, -0.25) is 24.2 Å². The fourth-order valence-corrected chi connectivity index (χ4v) is 2.91. The molecule has 8 nitrogen and oxygen atoms in total. The van der Waals surface area contributed by atoms with Crippen molar-refractivity contribution in [3.05, 3.63) is 31.0 Å². The van der Waals surface area contributed by atoms with Gasteiger partial charge in [-0.2, -0.15) is 0 Å². The van der Waals surface area contributed by atoms with E-state index in [-0.39, 0.29) is 23.1 Å². The van der Waals surface area contributed by atoms with Crippen LogP contribution < -0.4 is 21.2 Å². The Hall–Kier alpha value is -2.55. The topological polar surface area (TPSA) is 96.4 Å². The summed E-state index contributed by atoms with van der Waals surface area (Å²) in [5, 5.41) is 6.89. The number of carbonyl (C=O) groups excluding carboxylic acids is 1. The van der Waals surface area contributed by atoms with E-state index in [0.717, 1.165) is 4.68 Å². The van der Waals surface area contributed by atoms with Crippen LogP contribution in [-0.2, 0) is 7.05 Å². The average Bonchev–Trinajstić information content (AvgIpc) is 2.85. The summed E-state index contributed by atoms with van der Waals surface area (Å²) in [6.07, 6.45) is 0. The van der Waals surface area contributed by atoms with Crippen molar-refractivity contribution in [2.75, 3.05) is 19.4 Å². The van der Waals surface area contributed by atoms with Crippen LogP contribution in [0, 0.1) is 0 Å². The quantitative estimate of drug-likeness (QED) is 0.689. The normalized spacial score (nSPS) is 12.0. The van der Waals surface area contributed by atoms with Crippen LogP contribution in [-0.4, -0.2) is 34.7 Å². The summed E-state index contributed by atoms with van der Waals surface area (Å²) in [5.41, 5.74) is -0.391. The number of nitrogens with zero attached hydrogens (tertiary/aromatic N) is 2. The van der Waals surface area contributed by atoms with Gasteiger partial charge in [0.2, 0.25) is 5.75 Å². The lowest BCUT2D eigenvalue weighted by molar-refractivity contribution is 0.0830. The molecule has 9 heteroatoms. The summed E-state index contributed by atoms with van der Waals surface area (Å²) >= 11 is 1.19. The number of ether oxygens (including phenoxy) is 1. The third-order valence-corrected chi connectivity index (χ3v) is 3.98. The van der Waals surface area contributed by atoms with Crippen molar-refractivity contribution in [2.24, 2.45) is 7.05 Å². The minimum Gasteiger partial charge on any atom is -0.445 e. The van der Waals surface area contributed by atoms with Gasteiger partial charge in [0.1, 0.15) is 4.88 Å². The number of hydrogen-bond acceptors (Lipinski definition) is 6. The van der Waals surface area contributed by atoms with E-state index in [2.05, 4.69) is 10.4 Å². The minimum atomic E-state index is -0.542. The largest absolute Gasteiger partial charge is 0.445 e. The Kier molecular flexibility index (Phi) is 2.87. The molecule has 1 amide bonds. The number of aromatic nitrogens is 2. The molecular weight excluding hydrogens is 296 g/mol. The number of aryl methyl sites for hydroxylation is 1. The summed E-state index contributed by atoms with van der Waals surface area (Å²) in [6, 6.07) is 0. The first-order valence-corrected chi connectivity index (χ1v) is 6.89. The molecule has 21 heavy (non-hydrogen) atoms. The highest BCUT2D eigenvalue weighted by molar-refractivity contribution is 7.13. The van der Waals surface area contributed by atoms with Crippen molar-refractivity contribution in [1.29, 1.82) is 0 Å². The van der Waals surface area contributed by atoms with E-state index >= 15 is 0 Å². The van der Waals surface area contributed by atoms with Crippen LogP contribution >= 0.6 is 11.3 Å². The number of thiophene rings is 1. The lowest BCUT2D eigenvalue weighted by atomic mass is 10.3. The number of nitrogens with one attached hydrogen (secondary N) is 2. The molecule has 3 heterocycles. The van der Waals surface area contributed by atoms with Crippen molar-refractivity contribution >= 4 is 28.6 Å². The Morgan fingerprint density at radius 1 is 1.33 bits per heavy atom. The molecule has 0 saturated heterocycles. The van der Waals surface area contributed by atoms with Gasteiger partial charge in [0, 0.05) is 26.5 Å². The first-order chi connectivity index (χ1) is 9.90. The van der Waals surface area contributed by atoms with E-state index in [1.54, 1.807) is 19.5 Å². The number of aromatic amines is 1. The average molecular weight is 308 g/mol. The Labute approximate surface area is 122 Å². The monoisotopic (exact) mass is 308 g/mol. The SMILES string of the molecule is CN(C)C(=O)c1scc2c1Oc1c(c(=O)n(C)[nH]c1=O)N2. The maximum Gasteiger partial charge on any atom is 0.308 e. The minimum absolute atomic E-state index is 0.0652. The Bertz CT molecular complexity index is 861. The molecule has 2 aromatic heterocycles. The van der Waals surface area contributed by atoms with E-state index < -0.39 is 11.1 Å². The lowest BCUT2D eigenvalue weighted by Crippen LogP contribution is -2.31. The summed E-state index contributed by atoms with van der Waals surface area (Å²) in [5.74, 6) is -0.0893. The predicted octanol–water partition coefficient (Wildman–Crippen LogP) is 0.686. The summed E-state index contributed by atoms with van der Waals surface area (Å²) < 4.78 is 6.60. The Morgan fingerprint density at radius 2 is 2.05 bits per heavy atom. The molecule has 0 unspecified atom stereocenters. The smallest absolute Gasteiger partial charge is 0.308 e. The summed E-state index contributed by atoms with van der Waals surface area (Å²) in [6.45, 7) is 0. The summed E-state index contributed by atoms with van der Waals surface area (Å²) in [4.78, 5) is 37.8. The van der Waals surface area contributed by atoms with Crippen LogP contribution in [0.3, 0.4) is 0 Å². The first kappa shape index (κ1) is 13.4. The van der Waals surface area contributed by atoms with Gasteiger partial charge in [0.15, 0.2) is 11.4 Å². The second-order valence-electron chi connectivity index (χ2n) is 4.74. The zero-order valence-electron chi connectivity index (χ0n) is 11.5. The molecule has 2 N–H and O–H groups in total. The molecule has 1 aliphatic rings. The third-order valence-electron chi connectivity index (χ3n) is 3.03. The van der Waals surface area contributed by atoms with Crippen molar-refractivity contribution in [2.45, 2.75) is 0 Å². The third kappa shape index (κ3) is 1.93. The molecule has 0 spiro atoms. The fraction of sp³-hybridized carbons (Fsp3) is 0.250. The van der Waals surface area contributed by atoms with Crippen LogP contribution in [0.2, 0.25) is 0 Å². The molecule has 1 aliphatic heterocycles. The second-order valence-corrected chi connectivity index (χ2v) is 5.62. The predicted molar refractivity (Wildman–Crippen MR) is 78.0 cm³/mol. The standard InChI is InChI=1S/C12H12N4O4S/c1-15(2)12(19)9-7-5(4-21-9)13-6-8(20-7)10(17)14-16(3)11(6)18/h4,13H,1-3H3,(H,14,17).